The van der Waals surface area contributed by atoms with Gasteiger partial charge in [-0.2, -0.15) is 0 Å². The van der Waals surface area contributed by atoms with Gasteiger partial charge in [-0.1, -0.05) is 23.8 Å². The van der Waals surface area contributed by atoms with Crippen LogP contribution in [0.5, 0.6) is 0 Å². The Bertz CT molecular complexity index is 533. The van der Waals surface area contributed by atoms with E-state index in [1.807, 2.05) is 19.1 Å². The zero-order valence-electron chi connectivity index (χ0n) is 10.1. The molecule has 0 unspecified atom stereocenters. The highest BCUT2D eigenvalue weighted by Crippen LogP contribution is 2.08. The first-order valence-corrected chi connectivity index (χ1v) is 5.63. The van der Waals surface area contributed by atoms with Gasteiger partial charge in [0.25, 0.3) is 5.91 Å². The zero-order valence-corrected chi connectivity index (χ0v) is 10.1. The number of nitrogens with one attached hydrogen (secondary N) is 1. The van der Waals surface area contributed by atoms with Gasteiger partial charge in [0.05, 0.1) is 6.61 Å². The number of hydrogen-bond acceptors (Lipinski definition) is 3. The van der Waals surface area contributed by atoms with E-state index in [1.54, 1.807) is 24.3 Å². The van der Waals surface area contributed by atoms with Crippen LogP contribution in [0.2, 0.25) is 0 Å². The smallest absolute Gasteiger partial charge is 0.256 e. The second-order valence-electron chi connectivity index (χ2n) is 4.03. The van der Waals surface area contributed by atoms with Crippen LogP contribution < -0.4 is 5.32 Å². The van der Waals surface area contributed by atoms with Gasteiger partial charge in [-0.3, -0.25) is 4.79 Å². The van der Waals surface area contributed by atoms with Crippen molar-refractivity contribution in [2.24, 2.45) is 0 Å². The quantitative estimate of drug-likeness (QED) is 0.866. The van der Waals surface area contributed by atoms with Gasteiger partial charge in [0.15, 0.2) is 0 Å². The maximum Gasteiger partial charge on any atom is 0.256 e. The van der Waals surface area contributed by atoms with Crippen molar-refractivity contribution < 1.29 is 9.90 Å². The first kappa shape index (κ1) is 12.3. The lowest BCUT2D eigenvalue weighted by atomic mass is 10.1. The van der Waals surface area contributed by atoms with Crippen LogP contribution in [-0.2, 0) is 6.61 Å². The summed E-state index contributed by atoms with van der Waals surface area (Å²) in [5.74, 6) is 0.275. The molecular weight excluding hydrogens is 228 g/mol. The van der Waals surface area contributed by atoms with E-state index >= 15 is 0 Å². The van der Waals surface area contributed by atoms with Crippen LogP contribution >= 0.6 is 0 Å². The molecule has 0 bridgehead atoms. The first-order chi connectivity index (χ1) is 8.69. The molecule has 2 aromatic rings. The summed E-state index contributed by atoms with van der Waals surface area (Å²) in [6.07, 6.45) is 1.53. The Labute approximate surface area is 105 Å². The summed E-state index contributed by atoms with van der Waals surface area (Å²) in [6.45, 7) is 1.91. The topological polar surface area (TPSA) is 62.2 Å². The van der Waals surface area contributed by atoms with E-state index in [2.05, 4.69) is 10.3 Å². The minimum Gasteiger partial charge on any atom is -0.392 e. The molecule has 92 valence electrons. The van der Waals surface area contributed by atoms with Gasteiger partial charge in [0, 0.05) is 11.8 Å². The molecule has 0 aliphatic carbocycles. The fourth-order valence-corrected chi connectivity index (χ4v) is 1.49. The van der Waals surface area contributed by atoms with E-state index in [0.717, 1.165) is 5.56 Å². The average Bonchev–Trinajstić information content (AvgIpc) is 2.40. The molecule has 1 heterocycles. The lowest BCUT2D eigenvalue weighted by molar-refractivity contribution is 0.102. The lowest BCUT2D eigenvalue weighted by Gasteiger charge is -2.05. The van der Waals surface area contributed by atoms with Gasteiger partial charge in [0.2, 0.25) is 0 Å². The predicted octanol–water partition coefficient (Wildman–Crippen LogP) is 2.13. The van der Waals surface area contributed by atoms with E-state index in [4.69, 9.17) is 5.11 Å². The third-order valence-corrected chi connectivity index (χ3v) is 2.56. The lowest BCUT2D eigenvalue weighted by Crippen LogP contribution is -2.12. The molecule has 18 heavy (non-hydrogen) atoms. The minimum absolute atomic E-state index is 0.0564. The van der Waals surface area contributed by atoms with Crippen molar-refractivity contribution in [1.29, 1.82) is 0 Å². The number of carbonyl (C=O) groups excluding carboxylic acids is 1. The number of benzene rings is 1. The van der Waals surface area contributed by atoms with Gasteiger partial charge in [-0.05, 0) is 30.7 Å². The highest BCUT2D eigenvalue weighted by Gasteiger charge is 2.06. The van der Waals surface area contributed by atoms with E-state index in [9.17, 15) is 4.79 Å². The third-order valence-electron chi connectivity index (χ3n) is 2.56. The van der Waals surface area contributed by atoms with Gasteiger partial charge < -0.3 is 10.4 Å². The van der Waals surface area contributed by atoms with Crippen LogP contribution in [0.15, 0.2) is 42.6 Å². The largest absolute Gasteiger partial charge is 0.392 e. The normalized spacial score (nSPS) is 10.1. The highest BCUT2D eigenvalue weighted by atomic mass is 16.3. The standard InChI is InChI=1S/C14H14N2O2/c1-10-2-5-12(6-3-10)14(18)16-13-7-4-11(9-17)8-15-13/h2-8,17H,9H2,1H3,(H,15,16,18). The molecule has 0 fully saturated rings. The number of aromatic nitrogens is 1. The van der Waals surface area contributed by atoms with Crippen molar-refractivity contribution in [1.82, 2.24) is 4.98 Å². The molecule has 2 rings (SSSR count). The SMILES string of the molecule is Cc1ccc(C(=O)Nc2ccc(CO)cn2)cc1. The Morgan fingerprint density at radius 3 is 2.50 bits per heavy atom. The van der Waals surface area contributed by atoms with Crippen LogP contribution in [0.4, 0.5) is 5.82 Å². The van der Waals surface area contributed by atoms with E-state index in [-0.39, 0.29) is 12.5 Å². The number of pyridine rings is 1. The second kappa shape index (κ2) is 5.42. The number of aliphatic hydroxyl groups is 1. The summed E-state index contributed by atoms with van der Waals surface area (Å²) in [6, 6.07) is 10.7. The van der Waals surface area contributed by atoms with Crippen molar-refractivity contribution in [2.75, 3.05) is 5.32 Å². The molecule has 2 N–H and O–H groups in total. The summed E-state index contributed by atoms with van der Waals surface area (Å²) >= 11 is 0. The molecule has 1 aromatic heterocycles. The third kappa shape index (κ3) is 2.93. The number of aryl methyl sites for hydroxylation is 1. The number of hydrogen-bond donors (Lipinski definition) is 2. The van der Waals surface area contributed by atoms with Crippen LogP contribution in [0.25, 0.3) is 0 Å². The maximum absolute atomic E-state index is 11.9. The summed E-state index contributed by atoms with van der Waals surface area (Å²) in [5.41, 5.74) is 2.41. The predicted molar refractivity (Wildman–Crippen MR) is 69.3 cm³/mol. The van der Waals surface area contributed by atoms with Gasteiger partial charge >= 0.3 is 0 Å². The van der Waals surface area contributed by atoms with Crippen LogP contribution in [-0.4, -0.2) is 16.0 Å². The molecule has 0 aliphatic heterocycles. The molecule has 4 nitrogen and oxygen atoms in total. The molecule has 0 saturated carbocycles. The number of carbonyl (C=O) groups is 1. The van der Waals surface area contributed by atoms with Crippen LogP contribution in [0, 0.1) is 6.92 Å². The Morgan fingerprint density at radius 2 is 1.94 bits per heavy atom. The molecule has 0 radical (unpaired) electrons. The Morgan fingerprint density at radius 1 is 1.22 bits per heavy atom. The fraction of sp³-hybridized carbons (Fsp3) is 0.143. The van der Waals surface area contributed by atoms with Crippen LogP contribution in [0.3, 0.4) is 0 Å². The first-order valence-electron chi connectivity index (χ1n) is 5.63. The number of anilines is 1. The zero-order chi connectivity index (χ0) is 13.0. The summed E-state index contributed by atoms with van der Waals surface area (Å²) in [5, 5.41) is 11.6. The molecule has 0 spiro atoms. The Kier molecular flexibility index (Phi) is 3.69. The van der Waals surface area contributed by atoms with Gasteiger partial charge in [-0.15, -0.1) is 0 Å². The monoisotopic (exact) mass is 242 g/mol. The Balaban J connectivity index is 2.08. The van der Waals surface area contributed by atoms with Gasteiger partial charge in [0.1, 0.15) is 5.82 Å². The van der Waals surface area contributed by atoms with Gasteiger partial charge in [-0.25, -0.2) is 4.98 Å². The minimum atomic E-state index is -0.195. The van der Waals surface area contributed by atoms with Crippen molar-refractivity contribution >= 4 is 11.7 Å². The summed E-state index contributed by atoms with van der Waals surface area (Å²) < 4.78 is 0. The number of amides is 1. The van der Waals surface area contributed by atoms with Crippen molar-refractivity contribution in [3.05, 3.63) is 59.3 Å². The number of nitrogens with zero attached hydrogens (tertiary/aromatic N) is 1. The fourth-order valence-electron chi connectivity index (χ4n) is 1.49. The molecule has 4 heteroatoms. The van der Waals surface area contributed by atoms with Crippen molar-refractivity contribution in [2.45, 2.75) is 13.5 Å². The summed E-state index contributed by atoms with van der Waals surface area (Å²) in [4.78, 5) is 15.9. The molecule has 0 atom stereocenters. The maximum atomic E-state index is 11.9. The van der Waals surface area contributed by atoms with Crippen molar-refractivity contribution in [3.63, 3.8) is 0 Å². The average molecular weight is 242 g/mol. The van der Waals surface area contributed by atoms with E-state index in [1.165, 1.54) is 6.20 Å². The molecule has 0 aliphatic rings. The number of rotatable bonds is 3. The van der Waals surface area contributed by atoms with Crippen molar-refractivity contribution in [3.8, 4) is 0 Å². The van der Waals surface area contributed by atoms with Crippen LogP contribution in [0.1, 0.15) is 21.5 Å². The second-order valence-corrected chi connectivity index (χ2v) is 4.03. The Hall–Kier alpha value is -2.20. The molecule has 1 aromatic carbocycles. The summed E-state index contributed by atoms with van der Waals surface area (Å²) in [7, 11) is 0. The highest BCUT2D eigenvalue weighted by molar-refractivity contribution is 6.03. The van der Waals surface area contributed by atoms with E-state index < -0.39 is 0 Å². The molecule has 1 amide bonds. The number of aliphatic hydroxyl groups excluding tert-OH is 1. The molecule has 0 saturated heterocycles. The van der Waals surface area contributed by atoms with E-state index in [0.29, 0.717) is 16.9 Å². The molecular formula is C14H14N2O2.